The van der Waals surface area contributed by atoms with Crippen molar-refractivity contribution < 1.29 is 14.2 Å². The molecule has 0 unspecified atom stereocenters. The van der Waals surface area contributed by atoms with Gasteiger partial charge >= 0.3 is 0 Å². The van der Waals surface area contributed by atoms with E-state index >= 15 is 0 Å². The molecule has 0 radical (unpaired) electrons. The van der Waals surface area contributed by atoms with Gasteiger partial charge in [0.05, 0.1) is 12.1 Å². The molecule has 3 N–H and O–H groups in total. The maximum absolute atomic E-state index is 14.3. The number of ether oxygens (including phenoxy) is 1. The standard InChI is InChI=1S/C13H17ClFNO2/c1-18-9-6-8(14)11(15)10(12(9)17)13(7-16)4-2-3-5-13/h6,17H,2-5,7,16H2,1H3. The maximum Gasteiger partial charge on any atom is 0.164 e. The molecule has 1 aromatic carbocycles. The number of benzene rings is 1. The molecule has 0 amide bonds. The van der Waals surface area contributed by atoms with Crippen molar-refractivity contribution in [3.8, 4) is 11.5 Å². The Kier molecular flexibility index (Phi) is 3.69. The smallest absolute Gasteiger partial charge is 0.164 e. The van der Waals surface area contributed by atoms with Crippen LogP contribution >= 0.6 is 11.6 Å². The Morgan fingerprint density at radius 1 is 1.50 bits per heavy atom. The van der Waals surface area contributed by atoms with Crippen molar-refractivity contribution in [3.63, 3.8) is 0 Å². The third-order valence-electron chi connectivity index (χ3n) is 3.86. The van der Waals surface area contributed by atoms with Crippen molar-refractivity contribution in [2.45, 2.75) is 31.1 Å². The molecule has 0 saturated heterocycles. The molecule has 1 aromatic rings. The summed E-state index contributed by atoms with van der Waals surface area (Å²) in [6, 6.07) is 1.29. The van der Waals surface area contributed by atoms with Crippen LogP contribution in [0.3, 0.4) is 0 Å². The van der Waals surface area contributed by atoms with Crippen molar-refractivity contribution in [1.29, 1.82) is 0 Å². The minimum Gasteiger partial charge on any atom is -0.504 e. The Morgan fingerprint density at radius 3 is 2.61 bits per heavy atom. The van der Waals surface area contributed by atoms with Gasteiger partial charge < -0.3 is 15.6 Å². The highest BCUT2D eigenvalue weighted by Crippen LogP contribution is 2.49. The van der Waals surface area contributed by atoms with Crippen LogP contribution in [0.5, 0.6) is 11.5 Å². The van der Waals surface area contributed by atoms with Gasteiger partial charge in [-0.1, -0.05) is 24.4 Å². The van der Waals surface area contributed by atoms with Gasteiger partial charge in [-0.15, -0.1) is 0 Å². The zero-order valence-electron chi connectivity index (χ0n) is 10.3. The van der Waals surface area contributed by atoms with Gasteiger partial charge in [0.1, 0.15) is 5.82 Å². The summed E-state index contributed by atoms with van der Waals surface area (Å²) in [6.07, 6.45) is 3.48. The summed E-state index contributed by atoms with van der Waals surface area (Å²) in [5.41, 5.74) is 5.51. The second-order valence-electron chi connectivity index (χ2n) is 4.79. The quantitative estimate of drug-likeness (QED) is 0.890. The number of phenolic OH excluding ortho intramolecular Hbond substituents is 1. The fourth-order valence-electron chi connectivity index (χ4n) is 2.84. The fraction of sp³-hybridized carbons (Fsp3) is 0.538. The largest absolute Gasteiger partial charge is 0.504 e. The fourth-order valence-corrected chi connectivity index (χ4v) is 3.03. The van der Waals surface area contributed by atoms with Crippen LogP contribution in [0.25, 0.3) is 0 Å². The van der Waals surface area contributed by atoms with E-state index in [1.165, 1.54) is 13.2 Å². The Labute approximate surface area is 111 Å². The summed E-state index contributed by atoms with van der Waals surface area (Å²) in [5.74, 6) is -0.565. The van der Waals surface area contributed by atoms with Crippen molar-refractivity contribution in [2.24, 2.45) is 5.73 Å². The number of aromatic hydroxyl groups is 1. The van der Waals surface area contributed by atoms with Crippen molar-refractivity contribution in [3.05, 3.63) is 22.5 Å². The van der Waals surface area contributed by atoms with Crippen LogP contribution in [0.15, 0.2) is 6.07 Å². The lowest BCUT2D eigenvalue weighted by atomic mass is 9.78. The van der Waals surface area contributed by atoms with Gasteiger partial charge in [0.2, 0.25) is 0 Å². The molecule has 0 aromatic heterocycles. The lowest BCUT2D eigenvalue weighted by Crippen LogP contribution is -2.33. The number of nitrogens with two attached hydrogens (primary N) is 1. The summed E-state index contributed by atoms with van der Waals surface area (Å²) in [5, 5.41) is 10.1. The highest BCUT2D eigenvalue weighted by Gasteiger charge is 2.40. The average molecular weight is 274 g/mol. The Bertz CT molecular complexity index is 459. The molecule has 1 fully saturated rings. The van der Waals surface area contributed by atoms with Crippen LogP contribution in [0.2, 0.25) is 5.02 Å². The second-order valence-corrected chi connectivity index (χ2v) is 5.20. The van der Waals surface area contributed by atoms with E-state index in [9.17, 15) is 9.50 Å². The molecule has 0 spiro atoms. The van der Waals surface area contributed by atoms with Crippen LogP contribution < -0.4 is 10.5 Å². The molecule has 0 bridgehead atoms. The highest BCUT2D eigenvalue weighted by molar-refractivity contribution is 6.31. The lowest BCUT2D eigenvalue weighted by molar-refractivity contribution is 0.345. The van der Waals surface area contributed by atoms with Crippen LogP contribution in [0.4, 0.5) is 4.39 Å². The monoisotopic (exact) mass is 273 g/mol. The third kappa shape index (κ3) is 1.93. The third-order valence-corrected chi connectivity index (χ3v) is 4.13. The molecule has 1 aliphatic rings. The number of halogens is 2. The molecule has 0 heterocycles. The summed E-state index contributed by atoms with van der Waals surface area (Å²) in [4.78, 5) is 0. The molecule has 5 heteroatoms. The van der Waals surface area contributed by atoms with E-state index in [0.717, 1.165) is 25.7 Å². The topological polar surface area (TPSA) is 55.5 Å². The molecule has 3 nitrogen and oxygen atoms in total. The first-order valence-electron chi connectivity index (χ1n) is 6.01. The van der Waals surface area contributed by atoms with Gasteiger partial charge in [0, 0.05) is 23.6 Å². The summed E-state index contributed by atoms with van der Waals surface area (Å²) in [6.45, 7) is 0.293. The zero-order chi connectivity index (χ0) is 13.3. The van der Waals surface area contributed by atoms with Gasteiger partial charge in [-0.3, -0.25) is 0 Å². The van der Waals surface area contributed by atoms with E-state index in [0.29, 0.717) is 6.54 Å². The van der Waals surface area contributed by atoms with Crippen molar-refractivity contribution in [1.82, 2.24) is 0 Å². The van der Waals surface area contributed by atoms with Gasteiger partial charge in [-0.25, -0.2) is 4.39 Å². The Balaban J connectivity index is 2.65. The predicted molar refractivity (Wildman–Crippen MR) is 68.8 cm³/mol. The number of hydrogen-bond acceptors (Lipinski definition) is 3. The van der Waals surface area contributed by atoms with E-state index in [1.807, 2.05) is 0 Å². The second kappa shape index (κ2) is 4.94. The number of phenols is 1. The molecule has 1 aliphatic carbocycles. The van der Waals surface area contributed by atoms with E-state index < -0.39 is 11.2 Å². The SMILES string of the molecule is COc1cc(Cl)c(F)c(C2(CN)CCCC2)c1O. The van der Waals surface area contributed by atoms with Gasteiger partial charge in [0.25, 0.3) is 0 Å². The van der Waals surface area contributed by atoms with Crippen molar-refractivity contribution in [2.75, 3.05) is 13.7 Å². The molecular weight excluding hydrogens is 257 g/mol. The molecular formula is C13H17ClFNO2. The van der Waals surface area contributed by atoms with Crippen molar-refractivity contribution >= 4 is 11.6 Å². The number of rotatable bonds is 3. The van der Waals surface area contributed by atoms with Crippen LogP contribution in [-0.4, -0.2) is 18.8 Å². The van der Waals surface area contributed by atoms with E-state index in [2.05, 4.69) is 0 Å². The van der Waals surface area contributed by atoms with Gasteiger partial charge in [-0.05, 0) is 12.8 Å². The van der Waals surface area contributed by atoms with Gasteiger partial charge in [-0.2, -0.15) is 0 Å². The maximum atomic E-state index is 14.3. The molecule has 1 saturated carbocycles. The highest BCUT2D eigenvalue weighted by atomic mass is 35.5. The van der Waals surface area contributed by atoms with E-state index in [1.54, 1.807) is 0 Å². The van der Waals surface area contributed by atoms with Crippen LogP contribution in [0.1, 0.15) is 31.2 Å². The summed E-state index contributed by atoms with van der Waals surface area (Å²) < 4.78 is 19.3. The van der Waals surface area contributed by atoms with Crippen LogP contribution in [0, 0.1) is 5.82 Å². The first kappa shape index (κ1) is 13.4. The number of hydrogen-bond donors (Lipinski definition) is 2. The molecule has 18 heavy (non-hydrogen) atoms. The first-order valence-corrected chi connectivity index (χ1v) is 6.39. The molecule has 2 rings (SSSR count). The lowest BCUT2D eigenvalue weighted by Gasteiger charge is -2.29. The first-order chi connectivity index (χ1) is 8.55. The average Bonchev–Trinajstić information content (AvgIpc) is 2.84. The minimum atomic E-state index is -0.581. The van der Waals surface area contributed by atoms with E-state index in [-0.39, 0.29) is 22.1 Å². The van der Waals surface area contributed by atoms with Crippen LogP contribution in [-0.2, 0) is 5.41 Å². The summed E-state index contributed by atoms with van der Waals surface area (Å²) in [7, 11) is 1.41. The normalized spacial score (nSPS) is 18.0. The van der Waals surface area contributed by atoms with Gasteiger partial charge in [0.15, 0.2) is 11.5 Å². The predicted octanol–water partition coefficient (Wildman–Crippen LogP) is 2.96. The molecule has 0 atom stereocenters. The Morgan fingerprint density at radius 2 is 2.11 bits per heavy atom. The zero-order valence-corrected chi connectivity index (χ0v) is 11.1. The minimum absolute atomic E-state index is 0.0422. The summed E-state index contributed by atoms with van der Waals surface area (Å²) >= 11 is 5.86. The van der Waals surface area contributed by atoms with E-state index in [4.69, 9.17) is 22.1 Å². The molecule has 0 aliphatic heterocycles. The number of methoxy groups -OCH3 is 1. The molecule has 100 valence electrons. The Hall–Kier alpha value is -1.00.